The first kappa shape index (κ1) is 14.5. The Bertz CT molecular complexity index is 603. The minimum absolute atomic E-state index is 0.0800. The van der Waals surface area contributed by atoms with E-state index >= 15 is 0 Å². The van der Waals surface area contributed by atoms with E-state index in [0.29, 0.717) is 51.0 Å². The normalized spacial score (nSPS) is 15.3. The van der Waals surface area contributed by atoms with Gasteiger partial charge in [0.05, 0.1) is 19.4 Å². The Kier molecular flexibility index (Phi) is 4.33. The third-order valence-electron chi connectivity index (χ3n) is 3.60. The lowest BCUT2D eigenvalue weighted by Crippen LogP contribution is -2.49. The summed E-state index contributed by atoms with van der Waals surface area (Å²) in [6.45, 7) is 3.73. The lowest BCUT2D eigenvalue weighted by atomic mass is 10.3. The zero-order valence-corrected chi connectivity index (χ0v) is 12.4. The van der Waals surface area contributed by atoms with Crippen molar-refractivity contribution in [2.24, 2.45) is 0 Å². The largest absolute Gasteiger partial charge is 0.459 e. The molecule has 3 rings (SSSR count). The van der Waals surface area contributed by atoms with Crippen molar-refractivity contribution in [1.29, 1.82) is 0 Å². The molecule has 9 heteroatoms. The molecule has 1 saturated heterocycles. The van der Waals surface area contributed by atoms with E-state index in [2.05, 4.69) is 20.4 Å². The number of aromatic nitrogens is 4. The fourth-order valence-corrected chi connectivity index (χ4v) is 2.41. The Morgan fingerprint density at radius 3 is 2.86 bits per heavy atom. The minimum atomic E-state index is -0.0800. The number of methoxy groups -OCH3 is 1. The van der Waals surface area contributed by atoms with Gasteiger partial charge in [0, 0.05) is 33.3 Å². The monoisotopic (exact) mass is 306 g/mol. The Morgan fingerprint density at radius 1 is 1.36 bits per heavy atom. The Balaban J connectivity index is 1.60. The lowest BCUT2D eigenvalue weighted by Gasteiger charge is -2.34. The van der Waals surface area contributed by atoms with E-state index in [1.165, 1.54) is 6.26 Å². The predicted octanol–water partition coefficient (Wildman–Crippen LogP) is -0.125. The van der Waals surface area contributed by atoms with Crippen molar-refractivity contribution in [1.82, 2.24) is 25.1 Å². The van der Waals surface area contributed by atoms with Crippen molar-refractivity contribution in [2.45, 2.75) is 6.54 Å². The molecule has 0 N–H and O–H groups in total. The number of carbonyl (C=O) groups is 1. The van der Waals surface area contributed by atoms with Crippen LogP contribution in [0.2, 0.25) is 0 Å². The highest BCUT2D eigenvalue weighted by Crippen LogP contribution is 2.14. The van der Waals surface area contributed by atoms with Crippen LogP contribution in [0.5, 0.6) is 0 Å². The standard InChI is InChI=1S/C13H18N6O3/c1-21-10-8-19-13(14-15-16-19)18-6-4-17(5-7-18)12(20)11-3-2-9-22-11/h2-3,9H,4-8,10H2,1H3. The molecule has 1 amide bonds. The van der Waals surface area contributed by atoms with Gasteiger partial charge in [-0.15, -0.1) is 0 Å². The summed E-state index contributed by atoms with van der Waals surface area (Å²) in [5.41, 5.74) is 0. The van der Waals surface area contributed by atoms with E-state index in [-0.39, 0.29) is 5.91 Å². The number of tetrazole rings is 1. The zero-order chi connectivity index (χ0) is 15.4. The van der Waals surface area contributed by atoms with Crippen LogP contribution in [0.1, 0.15) is 10.6 Å². The van der Waals surface area contributed by atoms with Crippen LogP contribution >= 0.6 is 0 Å². The number of amides is 1. The molecule has 3 heterocycles. The van der Waals surface area contributed by atoms with Crippen molar-refractivity contribution in [3.63, 3.8) is 0 Å². The molecule has 1 aliphatic rings. The molecule has 0 aromatic carbocycles. The smallest absolute Gasteiger partial charge is 0.289 e. The summed E-state index contributed by atoms with van der Waals surface area (Å²) in [5, 5.41) is 11.7. The fourth-order valence-electron chi connectivity index (χ4n) is 2.41. The highest BCUT2D eigenvalue weighted by atomic mass is 16.5. The Labute approximate surface area is 127 Å². The van der Waals surface area contributed by atoms with Gasteiger partial charge >= 0.3 is 0 Å². The van der Waals surface area contributed by atoms with Crippen LogP contribution in [0.4, 0.5) is 5.95 Å². The van der Waals surface area contributed by atoms with Gasteiger partial charge < -0.3 is 19.0 Å². The van der Waals surface area contributed by atoms with Crippen molar-refractivity contribution in [2.75, 3.05) is 44.8 Å². The maximum absolute atomic E-state index is 12.2. The topological polar surface area (TPSA) is 89.5 Å². The molecule has 0 atom stereocenters. The van der Waals surface area contributed by atoms with E-state index < -0.39 is 0 Å². The summed E-state index contributed by atoms with van der Waals surface area (Å²) >= 11 is 0. The van der Waals surface area contributed by atoms with Crippen LogP contribution in [-0.4, -0.2) is 70.9 Å². The third kappa shape index (κ3) is 2.93. The number of hydrogen-bond donors (Lipinski definition) is 0. The number of nitrogens with zero attached hydrogens (tertiary/aromatic N) is 6. The fraction of sp³-hybridized carbons (Fsp3) is 0.538. The van der Waals surface area contributed by atoms with Gasteiger partial charge in [0.15, 0.2) is 5.76 Å². The second-order valence-corrected chi connectivity index (χ2v) is 4.95. The van der Waals surface area contributed by atoms with Gasteiger partial charge in [-0.25, -0.2) is 4.68 Å². The Morgan fingerprint density at radius 2 is 2.18 bits per heavy atom. The van der Waals surface area contributed by atoms with Crippen molar-refractivity contribution in [3.8, 4) is 0 Å². The van der Waals surface area contributed by atoms with Crippen molar-refractivity contribution in [3.05, 3.63) is 24.2 Å². The van der Waals surface area contributed by atoms with E-state index in [4.69, 9.17) is 9.15 Å². The summed E-state index contributed by atoms with van der Waals surface area (Å²) in [7, 11) is 1.64. The SMILES string of the molecule is COCCn1nnnc1N1CCN(C(=O)c2ccco2)CC1. The maximum Gasteiger partial charge on any atom is 0.289 e. The highest BCUT2D eigenvalue weighted by molar-refractivity contribution is 5.91. The number of hydrogen-bond acceptors (Lipinski definition) is 7. The van der Waals surface area contributed by atoms with Crippen LogP contribution in [0.3, 0.4) is 0 Å². The summed E-state index contributed by atoms with van der Waals surface area (Å²) in [5.74, 6) is 1.00. The second-order valence-electron chi connectivity index (χ2n) is 4.95. The van der Waals surface area contributed by atoms with E-state index in [0.717, 1.165) is 0 Å². The summed E-state index contributed by atoms with van der Waals surface area (Å²) in [6, 6.07) is 3.40. The van der Waals surface area contributed by atoms with Gasteiger partial charge in [-0.05, 0) is 22.6 Å². The van der Waals surface area contributed by atoms with Crippen LogP contribution < -0.4 is 4.90 Å². The van der Waals surface area contributed by atoms with Gasteiger partial charge in [-0.3, -0.25) is 4.79 Å². The summed E-state index contributed by atoms with van der Waals surface area (Å²) < 4.78 is 11.9. The number of rotatable bonds is 5. The van der Waals surface area contributed by atoms with Crippen molar-refractivity contribution < 1.29 is 13.9 Å². The molecule has 2 aromatic heterocycles. The summed E-state index contributed by atoms with van der Waals surface area (Å²) in [4.78, 5) is 16.1. The molecule has 0 bridgehead atoms. The number of ether oxygens (including phenoxy) is 1. The van der Waals surface area contributed by atoms with Crippen molar-refractivity contribution >= 4 is 11.9 Å². The number of carbonyl (C=O) groups excluding carboxylic acids is 1. The molecular weight excluding hydrogens is 288 g/mol. The van der Waals surface area contributed by atoms with Crippen LogP contribution in [-0.2, 0) is 11.3 Å². The molecule has 1 fully saturated rings. The molecule has 0 saturated carbocycles. The minimum Gasteiger partial charge on any atom is -0.459 e. The zero-order valence-electron chi connectivity index (χ0n) is 12.4. The molecule has 0 unspecified atom stereocenters. The van der Waals surface area contributed by atoms with E-state index in [1.54, 1.807) is 28.8 Å². The molecule has 0 spiro atoms. The molecule has 2 aromatic rings. The molecule has 118 valence electrons. The molecule has 22 heavy (non-hydrogen) atoms. The van der Waals surface area contributed by atoms with Gasteiger partial charge in [0.1, 0.15) is 0 Å². The second kappa shape index (κ2) is 6.56. The molecule has 9 nitrogen and oxygen atoms in total. The van der Waals surface area contributed by atoms with Gasteiger partial charge in [0.25, 0.3) is 5.91 Å². The van der Waals surface area contributed by atoms with E-state index in [1.807, 2.05) is 0 Å². The first-order chi connectivity index (χ1) is 10.8. The van der Waals surface area contributed by atoms with E-state index in [9.17, 15) is 4.79 Å². The first-order valence-corrected chi connectivity index (χ1v) is 7.12. The van der Waals surface area contributed by atoms with Crippen LogP contribution in [0.25, 0.3) is 0 Å². The maximum atomic E-state index is 12.2. The number of furan rings is 1. The van der Waals surface area contributed by atoms with Crippen LogP contribution in [0.15, 0.2) is 22.8 Å². The quantitative estimate of drug-likeness (QED) is 0.760. The predicted molar refractivity (Wildman–Crippen MR) is 76.5 cm³/mol. The summed E-state index contributed by atoms with van der Waals surface area (Å²) in [6.07, 6.45) is 1.51. The number of piperazine rings is 1. The average Bonchev–Trinajstić information content (AvgIpc) is 3.24. The average molecular weight is 306 g/mol. The van der Waals surface area contributed by atoms with Gasteiger partial charge in [-0.1, -0.05) is 5.10 Å². The highest BCUT2D eigenvalue weighted by Gasteiger charge is 2.26. The van der Waals surface area contributed by atoms with Gasteiger partial charge in [0.2, 0.25) is 5.95 Å². The Hall–Kier alpha value is -2.42. The third-order valence-corrected chi connectivity index (χ3v) is 3.60. The number of anilines is 1. The van der Waals surface area contributed by atoms with Crippen LogP contribution in [0, 0.1) is 0 Å². The molecule has 0 radical (unpaired) electrons. The molecule has 0 aliphatic carbocycles. The molecular formula is C13H18N6O3. The lowest BCUT2D eigenvalue weighted by molar-refractivity contribution is 0.0714. The first-order valence-electron chi connectivity index (χ1n) is 7.12. The molecule has 1 aliphatic heterocycles. The van der Waals surface area contributed by atoms with Gasteiger partial charge in [-0.2, -0.15) is 0 Å².